The number of unbranched alkanes of at least 4 members (excludes halogenated alkanes) is 2. The molecule has 2 aliphatic rings. The molecule has 13 aromatic rings. The van der Waals surface area contributed by atoms with Crippen molar-refractivity contribution in [2.45, 2.75) is 63.2 Å². The summed E-state index contributed by atoms with van der Waals surface area (Å²) in [7, 11) is 0. The van der Waals surface area contributed by atoms with Gasteiger partial charge in [0.05, 0.1) is 0 Å². The van der Waals surface area contributed by atoms with Crippen LogP contribution < -0.4 is 0 Å². The number of fused-ring (bicyclic) bond motifs is 8. The van der Waals surface area contributed by atoms with Gasteiger partial charge in [0.15, 0.2) is 0 Å². The molecule has 0 aromatic heterocycles. The Balaban J connectivity index is 0.807. The van der Waals surface area contributed by atoms with Crippen molar-refractivity contribution < 1.29 is 0 Å². The number of rotatable bonds is 16. The summed E-state index contributed by atoms with van der Waals surface area (Å²) in [6, 6.07) is 114. The molecular formula is C88H70. The third kappa shape index (κ3) is 9.30. The Kier molecular flexibility index (Phi) is 14.4. The fraction of sp³-hybridized carbons (Fsp3) is 0.114. The summed E-state index contributed by atoms with van der Waals surface area (Å²) >= 11 is 0. The van der Waals surface area contributed by atoms with E-state index in [0.29, 0.717) is 0 Å². The minimum Gasteiger partial charge on any atom is -0.0654 e. The molecule has 0 nitrogen and oxygen atoms in total. The lowest BCUT2D eigenvalue weighted by molar-refractivity contribution is 0.538. The van der Waals surface area contributed by atoms with Gasteiger partial charge in [0, 0.05) is 10.8 Å². The lowest BCUT2D eigenvalue weighted by atomic mass is 9.69. The van der Waals surface area contributed by atoms with Gasteiger partial charge < -0.3 is 0 Å². The molecule has 0 bridgehead atoms. The van der Waals surface area contributed by atoms with E-state index in [2.05, 4.69) is 329 Å². The molecule has 422 valence electrons. The van der Waals surface area contributed by atoms with Crippen LogP contribution in [-0.4, -0.2) is 0 Å². The smallest absolute Gasteiger partial charge is 0.0463 e. The fourth-order valence-electron chi connectivity index (χ4n) is 15.3. The highest BCUT2D eigenvalue weighted by Crippen LogP contribution is 2.57. The van der Waals surface area contributed by atoms with Gasteiger partial charge in [0.1, 0.15) is 0 Å². The first-order valence-corrected chi connectivity index (χ1v) is 31.8. The van der Waals surface area contributed by atoms with Crippen LogP contribution in [-0.2, 0) is 10.8 Å². The SMILES string of the molecule is CCCCC1(c2ccccc2)c2ccccc2-c2ccc(C=C(c3ccccc3)c3ccc(-c4c5ccccc5c(-c5ccc(C(=Cc6ccc7c(c6)C(CCCC)(c6ccccc6)c6ccccc6-7)c6ccccc6)cc5)c5ccccc45)cc3)cc21. The normalized spacial score (nSPS) is 15.9. The third-order valence-electron chi connectivity index (χ3n) is 19.4. The second kappa shape index (κ2) is 23.3. The summed E-state index contributed by atoms with van der Waals surface area (Å²) in [6.45, 7) is 4.63. The predicted molar refractivity (Wildman–Crippen MR) is 375 cm³/mol. The minimum atomic E-state index is -0.223. The summed E-state index contributed by atoms with van der Waals surface area (Å²) in [4.78, 5) is 0. The van der Waals surface area contributed by atoms with Crippen molar-refractivity contribution in [2.75, 3.05) is 0 Å². The molecule has 15 rings (SSSR count). The molecule has 0 aliphatic heterocycles. The molecule has 0 saturated carbocycles. The van der Waals surface area contributed by atoms with E-state index < -0.39 is 0 Å². The monoisotopic (exact) mass is 1130 g/mol. The van der Waals surface area contributed by atoms with Crippen LogP contribution in [0.25, 0.3) is 89.4 Å². The second-order valence-electron chi connectivity index (χ2n) is 24.3. The van der Waals surface area contributed by atoms with Gasteiger partial charge in [-0.3, -0.25) is 0 Å². The topological polar surface area (TPSA) is 0 Å². The molecular weight excluding hydrogens is 1060 g/mol. The molecule has 0 radical (unpaired) electrons. The standard InChI is InChI=1S/C88H70/c1-3-5-55-87(69-31-15-9-16-32-69)81-41-25-23-35-71(81)73-53-43-61(59-83(73)87)57-79(63-27-11-7-12-28-63)65-45-49-67(50-46-65)85-75-37-19-21-39-77(75)86(78-40-22-20-38-76(78)85)68-51-47-66(48-52-68)80(64-29-13-8-14-30-64)58-62-44-54-74-72-36-24-26-42-82(72)88(56-6-4-2,84(74)60-62)70-33-17-10-18-34-70/h7-54,57-60H,3-6,55-56H2,1-2H3. The number of benzene rings is 13. The predicted octanol–water partition coefficient (Wildman–Crippen LogP) is 23.5. The zero-order chi connectivity index (χ0) is 59.0. The van der Waals surface area contributed by atoms with Gasteiger partial charge in [0.2, 0.25) is 0 Å². The average molecular weight is 1130 g/mol. The maximum Gasteiger partial charge on any atom is 0.0463 e. The van der Waals surface area contributed by atoms with Gasteiger partial charge in [-0.2, -0.15) is 0 Å². The molecule has 0 spiro atoms. The summed E-state index contributed by atoms with van der Waals surface area (Å²) in [5.74, 6) is 0. The zero-order valence-electron chi connectivity index (χ0n) is 50.3. The summed E-state index contributed by atoms with van der Waals surface area (Å²) in [6.07, 6.45) is 11.5. The molecule has 0 saturated heterocycles. The molecule has 88 heavy (non-hydrogen) atoms. The van der Waals surface area contributed by atoms with Crippen molar-refractivity contribution >= 4 is 44.8 Å². The van der Waals surface area contributed by atoms with E-state index in [-0.39, 0.29) is 10.8 Å². The maximum absolute atomic E-state index is 2.50. The van der Waals surface area contributed by atoms with Crippen molar-refractivity contribution in [3.8, 4) is 44.5 Å². The van der Waals surface area contributed by atoms with E-state index in [4.69, 9.17) is 0 Å². The van der Waals surface area contributed by atoms with Gasteiger partial charge in [-0.25, -0.2) is 0 Å². The van der Waals surface area contributed by atoms with Gasteiger partial charge >= 0.3 is 0 Å². The minimum absolute atomic E-state index is 0.223. The zero-order valence-corrected chi connectivity index (χ0v) is 50.3. The van der Waals surface area contributed by atoms with E-state index >= 15 is 0 Å². The Morgan fingerprint density at radius 2 is 0.591 bits per heavy atom. The molecule has 13 aromatic carbocycles. The van der Waals surface area contributed by atoms with Crippen molar-refractivity contribution in [1.82, 2.24) is 0 Å². The lowest BCUT2D eigenvalue weighted by Crippen LogP contribution is -2.27. The van der Waals surface area contributed by atoms with Crippen LogP contribution in [0.3, 0.4) is 0 Å². The highest BCUT2D eigenvalue weighted by atomic mass is 14.5. The van der Waals surface area contributed by atoms with Crippen molar-refractivity contribution in [2.24, 2.45) is 0 Å². The first kappa shape index (κ1) is 54.5. The van der Waals surface area contributed by atoms with Gasteiger partial charge in [-0.1, -0.05) is 331 Å². The molecule has 0 fully saturated rings. The van der Waals surface area contributed by atoms with Crippen LogP contribution in [0.2, 0.25) is 0 Å². The Morgan fingerprint density at radius 1 is 0.284 bits per heavy atom. The highest BCUT2D eigenvalue weighted by molar-refractivity contribution is 6.21. The van der Waals surface area contributed by atoms with Crippen LogP contribution in [0.15, 0.2) is 303 Å². The van der Waals surface area contributed by atoms with E-state index in [0.717, 1.165) is 38.5 Å². The second-order valence-corrected chi connectivity index (χ2v) is 24.3. The Morgan fingerprint density at radius 3 is 0.955 bits per heavy atom. The van der Waals surface area contributed by atoms with Crippen LogP contribution in [0.5, 0.6) is 0 Å². The molecule has 2 atom stereocenters. The summed E-state index contributed by atoms with van der Waals surface area (Å²) in [5, 5.41) is 4.96. The molecule has 0 heterocycles. The van der Waals surface area contributed by atoms with Gasteiger partial charge in [0.25, 0.3) is 0 Å². The van der Waals surface area contributed by atoms with E-state index in [9.17, 15) is 0 Å². The average Bonchev–Trinajstić information content (AvgIpc) is 1.62. The Labute approximate surface area is 519 Å². The van der Waals surface area contributed by atoms with Crippen molar-refractivity contribution in [1.29, 1.82) is 0 Å². The first-order chi connectivity index (χ1) is 43.6. The van der Waals surface area contributed by atoms with Gasteiger partial charge in [-0.05, 0) is 181 Å². The van der Waals surface area contributed by atoms with E-state index in [1.807, 2.05) is 0 Å². The third-order valence-corrected chi connectivity index (χ3v) is 19.4. The highest BCUT2D eigenvalue weighted by Gasteiger charge is 2.45. The van der Waals surface area contributed by atoms with Gasteiger partial charge in [-0.15, -0.1) is 0 Å². The van der Waals surface area contributed by atoms with Crippen LogP contribution in [0, 0.1) is 0 Å². The Bertz CT molecular complexity index is 4400. The largest absolute Gasteiger partial charge is 0.0654 e. The molecule has 2 unspecified atom stereocenters. The van der Waals surface area contributed by atoms with Crippen LogP contribution in [0.1, 0.15) is 119 Å². The maximum atomic E-state index is 2.50. The van der Waals surface area contributed by atoms with Crippen molar-refractivity contribution in [3.63, 3.8) is 0 Å². The molecule has 0 N–H and O–H groups in total. The summed E-state index contributed by atoms with van der Waals surface area (Å²) in [5.41, 5.74) is 27.8. The van der Waals surface area contributed by atoms with E-state index in [1.165, 1.54) is 144 Å². The first-order valence-electron chi connectivity index (χ1n) is 31.8. The van der Waals surface area contributed by atoms with E-state index in [1.54, 1.807) is 0 Å². The van der Waals surface area contributed by atoms with Crippen molar-refractivity contribution in [3.05, 3.63) is 370 Å². The molecule has 0 amide bonds. The summed E-state index contributed by atoms with van der Waals surface area (Å²) < 4.78 is 0. The van der Waals surface area contributed by atoms with Crippen LogP contribution >= 0.6 is 0 Å². The molecule has 0 heteroatoms. The number of hydrogen-bond donors (Lipinski definition) is 0. The number of hydrogen-bond acceptors (Lipinski definition) is 0. The lowest BCUT2D eigenvalue weighted by Gasteiger charge is -2.33. The fourth-order valence-corrected chi connectivity index (χ4v) is 15.3. The Hall–Kier alpha value is -10.1. The quantitative estimate of drug-likeness (QED) is 0.0668. The van der Waals surface area contributed by atoms with Crippen LogP contribution in [0.4, 0.5) is 0 Å². The molecule has 2 aliphatic carbocycles.